The molecule has 34 heavy (non-hydrogen) atoms. The topological polar surface area (TPSA) is 103 Å². The van der Waals surface area contributed by atoms with Gasteiger partial charge in [-0.1, -0.05) is 36.4 Å². The standard InChI is InChI=1S/C25H27N3O5S/c1-5-33-24-22(32-3)14-13-19(26-24)21(15-34(4,30)31)28-20-12-8-11-18(23(20)27-25(28)29)17-10-7-6-9-16(17)2/h6-14,21H,5,15H2,1-4H3,(H,27,29)/t21-/m1/s1. The van der Waals surface area contributed by atoms with E-state index in [0.717, 1.165) is 22.9 Å². The minimum Gasteiger partial charge on any atom is -0.491 e. The molecule has 0 aliphatic carbocycles. The summed E-state index contributed by atoms with van der Waals surface area (Å²) in [6, 6.07) is 16.0. The molecule has 0 aliphatic rings. The molecule has 178 valence electrons. The van der Waals surface area contributed by atoms with Gasteiger partial charge in [-0.25, -0.2) is 18.2 Å². The van der Waals surface area contributed by atoms with E-state index in [2.05, 4.69) is 9.97 Å². The predicted octanol–water partition coefficient (Wildman–Crippen LogP) is 3.74. The fourth-order valence-corrected chi connectivity index (χ4v) is 5.05. The van der Waals surface area contributed by atoms with Crippen molar-refractivity contribution in [3.8, 4) is 22.8 Å². The summed E-state index contributed by atoms with van der Waals surface area (Å²) in [5.74, 6) is 0.366. The van der Waals surface area contributed by atoms with Crippen LogP contribution in [-0.4, -0.2) is 48.7 Å². The minimum atomic E-state index is -3.48. The van der Waals surface area contributed by atoms with Crippen LogP contribution in [0.4, 0.5) is 0 Å². The summed E-state index contributed by atoms with van der Waals surface area (Å²) >= 11 is 0. The highest BCUT2D eigenvalue weighted by atomic mass is 32.2. The Morgan fingerprint density at radius 2 is 1.79 bits per heavy atom. The van der Waals surface area contributed by atoms with Crippen molar-refractivity contribution in [3.05, 3.63) is 76.3 Å². The van der Waals surface area contributed by atoms with Gasteiger partial charge in [-0.05, 0) is 43.2 Å². The molecule has 2 heterocycles. The number of nitrogens with one attached hydrogen (secondary N) is 1. The lowest BCUT2D eigenvalue weighted by Crippen LogP contribution is -2.29. The second kappa shape index (κ2) is 9.34. The highest BCUT2D eigenvalue weighted by Crippen LogP contribution is 2.33. The van der Waals surface area contributed by atoms with Crippen LogP contribution in [0.15, 0.2) is 59.4 Å². The van der Waals surface area contributed by atoms with Crippen molar-refractivity contribution in [2.45, 2.75) is 19.9 Å². The summed E-state index contributed by atoms with van der Waals surface area (Å²) in [7, 11) is -1.97. The first-order chi connectivity index (χ1) is 16.2. The average molecular weight is 482 g/mol. The lowest BCUT2D eigenvalue weighted by Gasteiger charge is -2.19. The number of aromatic nitrogens is 3. The van der Waals surface area contributed by atoms with E-state index < -0.39 is 21.6 Å². The van der Waals surface area contributed by atoms with Crippen molar-refractivity contribution in [2.75, 3.05) is 25.7 Å². The van der Waals surface area contributed by atoms with E-state index in [0.29, 0.717) is 29.1 Å². The van der Waals surface area contributed by atoms with Crippen molar-refractivity contribution in [3.63, 3.8) is 0 Å². The highest BCUT2D eigenvalue weighted by Gasteiger charge is 2.27. The fraction of sp³-hybridized carbons (Fsp3) is 0.280. The van der Waals surface area contributed by atoms with Gasteiger partial charge in [-0.2, -0.15) is 0 Å². The Morgan fingerprint density at radius 3 is 2.47 bits per heavy atom. The molecular formula is C25H27N3O5S. The zero-order valence-corrected chi connectivity index (χ0v) is 20.3. The molecule has 0 saturated carbocycles. The van der Waals surface area contributed by atoms with E-state index in [9.17, 15) is 13.2 Å². The van der Waals surface area contributed by atoms with Crippen molar-refractivity contribution in [2.24, 2.45) is 0 Å². The molecule has 0 unspecified atom stereocenters. The molecule has 0 saturated heterocycles. The van der Waals surface area contributed by atoms with Crippen LogP contribution < -0.4 is 15.2 Å². The zero-order chi connectivity index (χ0) is 24.5. The molecule has 2 aromatic carbocycles. The number of aromatic amines is 1. The first kappa shape index (κ1) is 23.6. The number of nitrogens with zero attached hydrogens (tertiary/aromatic N) is 2. The number of benzene rings is 2. The van der Waals surface area contributed by atoms with Gasteiger partial charge in [0.15, 0.2) is 5.75 Å². The van der Waals surface area contributed by atoms with Gasteiger partial charge < -0.3 is 14.5 Å². The number of sulfone groups is 1. The monoisotopic (exact) mass is 481 g/mol. The van der Waals surface area contributed by atoms with E-state index in [-0.39, 0.29) is 11.6 Å². The fourth-order valence-electron chi connectivity index (χ4n) is 4.16. The Hall–Kier alpha value is -3.59. The molecule has 0 fully saturated rings. The maximum absolute atomic E-state index is 13.3. The van der Waals surface area contributed by atoms with Gasteiger partial charge in [0.25, 0.3) is 5.88 Å². The largest absolute Gasteiger partial charge is 0.491 e. The van der Waals surface area contributed by atoms with Gasteiger partial charge in [0.2, 0.25) is 0 Å². The minimum absolute atomic E-state index is 0.245. The number of hydrogen-bond acceptors (Lipinski definition) is 6. The van der Waals surface area contributed by atoms with Crippen LogP contribution >= 0.6 is 0 Å². The summed E-state index contributed by atoms with van der Waals surface area (Å²) in [4.78, 5) is 20.8. The summed E-state index contributed by atoms with van der Waals surface area (Å²) in [5.41, 5.74) is 4.12. The van der Waals surface area contributed by atoms with Gasteiger partial charge in [-0.3, -0.25) is 4.57 Å². The van der Waals surface area contributed by atoms with Crippen LogP contribution in [0.2, 0.25) is 0 Å². The van der Waals surface area contributed by atoms with Crippen LogP contribution in [0, 0.1) is 6.92 Å². The van der Waals surface area contributed by atoms with Crippen LogP contribution in [0.25, 0.3) is 22.2 Å². The lowest BCUT2D eigenvalue weighted by atomic mass is 9.99. The maximum Gasteiger partial charge on any atom is 0.327 e. The quantitative estimate of drug-likeness (QED) is 0.411. The maximum atomic E-state index is 13.3. The van der Waals surface area contributed by atoms with E-state index in [1.807, 2.05) is 50.2 Å². The van der Waals surface area contributed by atoms with Crippen molar-refractivity contribution >= 4 is 20.9 Å². The van der Waals surface area contributed by atoms with E-state index in [1.54, 1.807) is 18.2 Å². The van der Waals surface area contributed by atoms with Crippen LogP contribution in [0.3, 0.4) is 0 Å². The van der Waals surface area contributed by atoms with Crippen LogP contribution in [0.1, 0.15) is 24.2 Å². The lowest BCUT2D eigenvalue weighted by molar-refractivity contribution is 0.296. The molecule has 1 N–H and O–H groups in total. The Morgan fingerprint density at radius 1 is 1.06 bits per heavy atom. The molecule has 0 radical (unpaired) electrons. The molecule has 4 aromatic rings. The van der Waals surface area contributed by atoms with E-state index in [1.165, 1.54) is 11.7 Å². The number of H-pyrrole nitrogens is 1. The number of aryl methyl sites for hydroxylation is 1. The second-order valence-corrected chi connectivity index (χ2v) is 10.3. The Bertz CT molecular complexity index is 1500. The molecule has 0 spiro atoms. The van der Waals surface area contributed by atoms with Crippen LogP contribution in [-0.2, 0) is 9.84 Å². The van der Waals surface area contributed by atoms with Crippen LogP contribution in [0.5, 0.6) is 11.6 Å². The SMILES string of the molecule is CCOc1nc([C@@H](CS(C)(=O)=O)n2c(=O)[nH]c3c(-c4ccccc4C)cccc32)ccc1OC. The molecular weight excluding hydrogens is 454 g/mol. The predicted molar refractivity (Wildman–Crippen MR) is 133 cm³/mol. The van der Waals surface area contributed by atoms with Crippen molar-refractivity contribution < 1.29 is 17.9 Å². The summed E-state index contributed by atoms with van der Waals surface area (Å²) in [5, 5.41) is 0. The first-order valence-electron chi connectivity index (χ1n) is 10.9. The number of fused-ring (bicyclic) bond motifs is 1. The van der Waals surface area contributed by atoms with Gasteiger partial charge in [0, 0.05) is 11.8 Å². The third-order valence-electron chi connectivity index (χ3n) is 5.65. The number of ether oxygens (including phenoxy) is 2. The second-order valence-electron chi connectivity index (χ2n) is 8.10. The molecule has 1 atom stereocenters. The molecule has 8 nitrogen and oxygen atoms in total. The number of para-hydroxylation sites is 1. The Labute approximate surface area is 198 Å². The number of hydrogen-bond donors (Lipinski definition) is 1. The normalized spacial score (nSPS) is 12.6. The van der Waals surface area contributed by atoms with E-state index in [4.69, 9.17) is 9.47 Å². The molecule has 4 rings (SSSR count). The number of rotatable bonds is 8. The number of methoxy groups -OCH3 is 1. The third kappa shape index (κ3) is 4.56. The van der Waals surface area contributed by atoms with Gasteiger partial charge in [0.05, 0.1) is 42.2 Å². The highest BCUT2D eigenvalue weighted by molar-refractivity contribution is 7.90. The average Bonchev–Trinajstić information content (AvgIpc) is 3.13. The van der Waals surface area contributed by atoms with Gasteiger partial charge >= 0.3 is 5.69 Å². The first-order valence-corrected chi connectivity index (χ1v) is 12.9. The zero-order valence-electron chi connectivity index (χ0n) is 19.5. The molecule has 0 bridgehead atoms. The summed E-state index contributed by atoms with van der Waals surface area (Å²) < 4.78 is 37.2. The summed E-state index contributed by atoms with van der Waals surface area (Å²) in [6.45, 7) is 4.18. The van der Waals surface area contributed by atoms with Gasteiger partial charge in [0.1, 0.15) is 9.84 Å². The van der Waals surface area contributed by atoms with Gasteiger partial charge in [-0.15, -0.1) is 0 Å². The van der Waals surface area contributed by atoms with Crippen molar-refractivity contribution in [1.29, 1.82) is 0 Å². The smallest absolute Gasteiger partial charge is 0.327 e. The Balaban J connectivity index is 1.96. The number of imidazole rings is 1. The Kier molecular flexibility index (Phi) is 6.47. The third-order valence-corrected chi connectivity index (χ3v) is 6.57. The molecule has 0 amide bonds. The molecule has 9 heteroatoms. The number of pyridine rings is 1. The summed E-state index contributed by atoms with van der Waals surface area (Å²) in [6.07, 6.45) is 1.14. The van der Waals surface area contributed by atoms with E-state index >= 15 is 0 Å². The molecule has 2 aromatic heterocycles. The molecule has 0 aliphatic heterocycles. The van der Waals surface area contributed by atoms with Crippen molar-refractivity contribution in [1.82, 2.24) is 14.5 Å².